The van der Waals surface area contributed by atoms with E-state index in [0.29, 0.717) is 44.8 Å². The molecule has 2 rings (SSSR count). The lowest BCUT2D eigenvalue weighted by atomic mass is 9.85. The molecule has 0 aromatic heterocycles. The number of amides is 3. The van der Waals surface area contributed by atoms with E-state index in [-0.39, 0.29) is 44.1 Å². The second-order valence-electron chi connectivity index (χ2n) is 12.2. The van der Waals surface area contributed by atoms with Gasteiger partial charge in [0.05, 0.1) is 45.5 Å². The maximum Gasteiger partial charge on any atom is 0.323 e. The number of rotatable bonds is 19. The minimum atomic E-state index is -0.927. The molecule has 2 fully saturated rings. The normalized spacial score (nSPS) is 21.2. The van der Waals surface area contributed by atoms with Crippen LogP contribution in [0, 0.1) is 5.41 Å². The highest BCUT2D eigenvalue weighted by molar-refractivity contribution is 7.98. The number of esters is 1. The molecule has 0 aromatic carbocycles. The van der Waals surface area contributed by atoms with Crippen LogP contribution in [0.2, 0.25) is 0 Å². The van der Waals surface area contributed by atoms with Crippen LogP contribution >= 0.6 is 11.8 Å². The van der Waals surface area contributed by atoms with Crippen LogP contribution in [-0.2, 0) is 38.1 Å². The van der Waals surface area contributed by atoms with Crippen LogP contribution < -0.4 is 21.3 Å². The second kappa shape index (κ2) is 19.4. The van der Waals surface area contributed by atoms with E-state index >= 15 is 0 Å². The van der Waals surface area contributed by atoms with Crippen LogP contribution in [-0.4, -0.2) is 130 Å². The summed E-state index contributed by atoms with van der Waals surface area (Å²) in [5.74, 6) is -1.16. The Hall–Kier alpha value is -1.97. The van der Waals surface area contributed by atoms with Gasteiger partial charge in [-0.15, -0.1) is 11.8 Å². The third kappa shape index (κ3) is 13.7. The molecule has 2 aliphatic heterocycles. The quantitative estimate of drug-likeness (QED) is 0.0882. The van der Waals surface area contributed by atoms with E-state index < -0.39 is 35.4 Å². The van der Waals surface area contributed by atoms with Crippen LogP contribution in [0.15, 0.2) is 0 Å². The highest BCUT2D eigenvalue weighted by Crippen LogP contribution is 2.28. The number of carbonyl (C=O) groups is 4. The Morgan fingerprint density at radius 1 is 1.02 bits per heavy atom. The summed E-state index contributed by atoms with van der Waals surface area (Å²) in [6, 6.07) is -1.70. The van der Waals surface area contributed by atoms with Gasteiger partial charge >= 0.3 is 5.97 Å². The highest BCUT2D eigenvalue weighted by atomic mass is 32.2. The lowest BCUT2D eigenvalue weighted by Gasteiger charge is -2.35. The first kappa shape index (κ1) is 37.2. The zero-order chi connectivity index (χ0) is 31.8. The third-order valence-corrected chi connectivity index (χ3v) is 7.49. The van der Waals surface area contributed by atoms with Crippen LogP contribution in [0.4, 0.5) is 0 Å². The Morgan fingerprint density at radius 3 is 2.30 bits per heavy atom. The van der Waals surface area contributed by atoms with Gasteiger partial charge in [0.2, 0.25) is 17.7 Å². The van der Waals surface area contributed by atoms with Crippen molar-refractivity contribution in [1.82, 2.24) is 26.2 Å². The minimum Gasteiger partial charge on any atom is -0.459 e. The van der Waals surface area contributed by atoms with E-state index in [1.54, 1.807) is 0 Å². The zero-order valence-corrected chi connectivity index (χ0v) is 27.5. The molecule has 4 atom stereocenters. The molecule has 14 heteroatoms. The fourth-order valence-electron chi connectivity index (χ4n) is 4.81. The molecule has 0 bridgehead atoms. The van der Waals surface area contributed by atoms with Crippen molar-refractivity contribution in [1.29, 1.82) is 0 Å². The fourth-order valence-corrected chi connectivity index (χ4v) is 5.10. The van der Waals surface area contributed by atoms with E-state index in [9.17, 15) is 19.2 Å². The van der Waals surface area contributed by atoms with Crippen molar-refractivity contribution < 1.29 is 38.1 Å². The summed E-state index contributed by atoms with van der Waals surface area (Å²) in [7, 11) is 0. The monoisotopic (exact) mass is 631 g/mol. The van der Waals surface area contributed by atoms with Crippen molar-refractivity contribution in [2.75, 3.05) is 71.4 Å². The standard InChI is InChI=1S/C29H53N5O8S/c1-20(2)30-10-11-39-12-13-40-14-15-41-18-24(35)33-25(29(3,4)5)27(37)34-17-21(16-23(34)26(36)32-19-43-6)42-28(38)22-8-7-9-31-22/h20-23,25,30-31H,7-19H2,1-6H3,(H,32,36)(H,33,35). The SMILES string of the molecule is CSCNC(=O)C1CC(OC(=O)C2CCCN2)CN1C(=O)C(NC(=O)COCCOCCOCCNC(C)C)C(C)(C)C. The smallest absolute Gasteiger partial charge is 0.323 e. The summed E-state index contributed by atoms with van der Waals surface area (Å²) in [4.78, 5) is 53.8. The van der Waals surface area contributed by atoms with E-state index in [1.165, 1.54) is 16.7 Å². The van der Waals surface area contributed by atoms with Gasteiger partial charge in [-0.2, -0.15) is 0 Å². The van der Waals surface area contributed by atoms with Gasteiger partial charge in [0, 0.05) is 19.0 Å². The Balaban J connectivity index is 1.87. The number of ether oxygens (including phenoxy) is 4. The molecule has 0 aromatic rings. The molecule has 2 aliphatic rings. The van der Waals surface area contributed by atoms with Gasteiger partial charge in [-0.3, -0.25) is 19.2 Å². The first-order chi connectivity index (χ1) is 20.4. The maximum absolute atomic E-state index is 13.9. The van der Waals surface area contributed by atoms with Gasteiger partial charge in [0.1, 0.15) is 30.8 Å². The van der Waals surface area contributed by atoms with Gasteiger partial charge in [0.25, 0.3) is 0 Å². The van der Waals surface area contributed by atoms with Crippen molar-refractivity contribution >= 4 is 35.5 Å². The second-order valence-corrected chi connectivity index (χ2v) is 13.0. The molecule has 2 heterocycles. The van der Waals surface area contributed by atoms with Gasteiger partial charge in [-0.1, -0.05) is 34.6 Å². The van der Waals surface area contributed by atoms with E-state index in [4.69, 9.17) is 18.9 Å². The summed E-state index contributed by atoms with van der Waals surface area (Å²) < 4.78 is 22.1. The van der Waals surface area contributed by atoms with Crippen LogP contribution in [0.3, 0.4) is 0 Å². The van der Waals surface area contributed by atoms with E-state index in [0.717, 1.165) is 19.5 Å². The maximum atomic E-state index is 13.9. The summed E-state index contributed by atoms with van der Waals surface area (Å²) in [6.45, 7) is 13.1. The van der Waals surface area contributed by atoms with Crippen molar-refractivity contribution in [3.8, 4) is 0 Å². The molecular formula is C29H53N5O8S. The molecule has 3 amide bonds. The van der Waals surface area contributed by atoms with E-state index in [2.05, 4.69) is 35.1 Å². The number of hydrogen-bond acceptors (Lipinski definition) is 11. The summed E-state index contributed by atoms with van der Waals surface area (Å²) in [5, 5.41) is 12.0. The number of thioether (sulfide) groups is 1. The molecule has 2 saturated heterocycles. The lowest BCUT2D eigenvalue weighted by Crippen LogP contribution is -2.58. The number of likely N-dealkylation sites (tertiary alicyclic amines) is 1. The largest absolute Gasteiger partial charge is 0.459 e. The molecular weight excluding hydrogens is 578 g/mol. The minimum absolute atomic E-state index is 0.0723. The van der Waals surface area contributed by atoms with Crippen LogP contribution in [0.1, 0.15) is 53.9 Å². The first-order valence-corrected chi connectivity index (χ1v) is 16.6. The van der Waals surface area contributed by atoms with E-state index in [1.807, 2.05) is 27.0 Å². The van der Waals surface area contributed by atoms with Crippen LogP contribution in [0.5, 0.6) is 0 Å². The molecule has 0 radical (unpaired) electrons. The summed E-state index contributed by atoms with van der Waals surface area (Å²) >= 11 is 1.45. The molecule has 13 nitrogen and oxygen atoms in total. The van der Waals surface area contributed by atoms with Crippen molar-refractivity contribution in [3.05, 3.63) is 0 Å². The van der Waals surface area contributed by atoms with Crippen molar-refractivity contribution in [2.45, 2.75) is 84.2 Å². The van der Waals surface area contributed by atoms with Gasteiger partial charge < -0.3 is 45.1 Å². The first-order valence-electron chi connectivity index (χ1n) is 15.2. The summed E-state index contributed by atoms with van der Waals surface area (Å²) in [5.41, 5.74) is -0.663. The number of carbonyl (C=O) groups excluding carboxylic acids is 4. The number of nitrogens with zero attached hydrogens (tertiary/aromatic N) is 1. The van der Waals surface area contributed by atoms with Crippen molar-refractivity contribution in [2.24, 2.45) is 5.41 Å². The van der Waals surface area contributed by atoms with Gasteiger partial charge in [-0.25, -0.2) is 0 Å². The Labute approximate surface area is 260 Å². The molecule has 0 aliphatic carbocycles. The summed E-state index contributed by atoms with van der Waals surface area (Å²) in [6.07, 6.45) is 3.02. The molecule has 4 unspecified atom stereocenters. The fraction of sp³-hybridized carbons (Fsp3) is 0.862. The lowest BCUT2D eigenvalue weighted by molar-refractivity contribution is -0.151. The Bertz CT molecular complexity index is 881. The average Bonchev–Trinajstić information content (AvgIpc) is 3.63. The average molecular weight is 632 g/mol. The molecule has 43 heavy (non-hydrogen) atoms. The number of nitrogens with one attached hydrogen (secondary N) is 4. The predicted molar refractivity (Wildman–Crippen MR) is 165 cm³/mol. The number of hydrogen-bond donors (Lipinski definition) is 4. The van der Waals surface area contributed by atoms with Gasteiger partial charge in [-0.05, 0) is 31.1 Å². The Kier molecular flexibility index (Phi) is 16.8. The topological polar surface area (TPSA) is 157 Å². The molecule has 248 valence electrons. The predicted octanol–water partition coefficient (Wildman–Crippen LogP) is 0.267. The van der Waals surface area contributed by atoms with Crippen LogP contribution in [0.25, 0.3) is 0 Å². The molecule has 0 spiro atoms. The third-order valence-electron chi connectivity index (χ3n) is 7.06. The highest BCUT2D eigenvalue weighted by Gasteiger charge is 2.46. The molecule has 0 saturated carbocycles. The Morgan fingerprint density at radius 2 is 1.70 bits per heavy atom. The van der Waals surface area contributed by atoms with Gasteiger partial charge in [0.15, 0.2) is 0 Å². The van der Waals surface area contributed by atoms with Crippen molar-refractivity contribution in [3.63, 3.8) is 0 Å². The zero-order valence-electron chi connectivity index (χ0n) is 26.7. The molecule has 4 N–H and O–H groups in total.